The highest BCUT2D eigenvalue weighted by atomic mass is 16.5. The van der Waals surface area contributed by atoms with Crippen LogP contribution in [0.1, 0.15) is 85.0 Å². The zero-order valence-electron chi connectivity index (χ0n) is 17.8. The number of ketones is 1. The molecule has 5 rings (SSSR count). The standard InChI is InChI=1S/C24H37NO3/c1-4-18(26)15-13-19-23(2,12-10-21(27)25-19)17-9-11-24(3)16(22(15)17)7-8-20(24)28-14-5-6-14/h14-17,19-20,22H,4-13H2,1-3H3,(H,25,27)/t15-,16?,17?,19-,20+,22?,23-,24+/m1/s1. The maximum atomic E-state index is 13.1. The van der Waals surface area contributed by atoms with Crippen molar-refractivity contribution in [1.29, 1.82) is 0 Å². The van der Waals surface area contributed by atoms with Crippen molar-refractivity contribution in [3.05, 3.63) is 0 Å². The van der Waals surface area contributed by atoms with E-state index in [-0.39, 0.29) is 28.7 Å². The van der Waals surface area contributed by atoms with Gasteiger partial charge in [0, 0.05) is 24.8 Å². The van der Waals surface area contributed by atoms with Gasteiger partial charge in [-0.3, -0.25) is 9.59 Å². The molecule has 5 fully saturated rings. The zero-order chi connectivity index (χ0) is 19.7. The maximum absolute atomic E-state index is 13.1. The maximum Gasteiger partial charge on any atom is 0.220 e. The van der Waals surface area contributed by atoms with Gasteiger partial charge >= 0.3 is 0 Å². The Labute approximate surface area is 169 Å². The molecule has 0 aromatic heterocycles. The molecule has 0 spiro atoms. The number of hydrogen-bond donors (Lipinski definition) is 1. The van der Waals surface area contributed by atoms with Crippen molar-refractivity contribution in [3.8, 4) is 0 Å². The van der Waals surface area contributed by atoms with Gasteiger partial charge in [-0.1, -0.05) is 20.8 Å². The van der Waals surface area contributed by atoms with Crippen LogP contribution in [0.15, 0.2) is 0 Å². The molecule has 1 saturated heterocycles. The summed E-state index contributed by atoms with van der Waals surface area (Å²) in [5.41, 5.74) is 0.386. The van der Waals surface area contributed by atoms with Gasteiger partial charge in [-0.15, -0.1) is 0 Å². The summed E-state index contributed by atoms with van der Waals surface area (Å²) in [6.07, 6.45) is 11.3. The van der Waals surface area contributed by atoms with Gasteiger partial charge in [0.15, 0.2) is 0 Å². The van der Waals surface area contributed by atoms with Gasteiger partial charge in [0.05, 0.1) is 12.2 Å². The lowest BCUT2D eigenvalue weighted by atomic mass is 9.44. The first-order valence-electron chi connectivity index (χ1n) is 11.8. The van der Waals surface area contributed by atoms with E-state index in [1.54, 1.807) is 0 Å². The highest BCUT2D eigenvalue weighted by Crippen LogP contribution is 2.66. The van der Waals surface area contributed by atoms with Crippen molar-refractivity contribution in [2.75, 3.05) is 0 Å². The van der Waals surface area contributed by atoms with Crippen LogP contribution in [0, 0.1) is 34.5 Å². The van der Waals surface area contributed by atoms with Crippen LogP contribution in [-0.4, -0.2) is 29.9 Å². The fraction of sp³-hybridized carbons (Fsp3) is 0.917. The number of rotatable bonds is 4. The summed E-state index contributed by atoms with van der Waals surface area (Å²) < 4.78 is 6.50. The van der Waals surface area contributed by atoms with Gasteiger partial charge in [0.2, 0.25) is 5.91 Å². The molecule has 4 nitrogen and oxygen atoms in total. The molecule has 1 amide bonds. The second-order valence-electron chi connectivity index (χ2n) is 11.0. The van der Waals surface area contributed by atoms with Crippen LogP contribution in [0.2, 0.25) is 0 Å². The van der Waals surface area contributed by atoms with Crippen LogP contribution in [-0.2, 0) is 14.3 Å². The van der Waals surface area contributed by atoms with E-state index in [1.807, 2.05) is 6.92 Å². The summed E-state index contributed by atoms with van der Waals surface area (Å²) in [5.74, 6) is 2.37. The van der Waals surface area contributed by atoms with Crippen LogP contribution in [0.3, 0.4) is 0 Å². The van der Waals surface area contributed by atoms with Crippen LogP contribution < -0.4 is 5.32 Å². The molecule has 4 aliphatic carbocycles. The van der Waals surface area contributed by atoms with Crippen molar-refractivity contribution in [2.45, 2.75) is 103 Å². The number of fused-ring (bicyclic) bond motifs is 5. The number of Topliss-reactive ketones (excluding diaryl/α,β-unsaturated/α-hetero) is 1. The number of carbonyl (C=O) groups excluding carboxylic acids is 2. The minimum Gasteiger partial charge on any atom is -0.374 e. The molecule has 0 aromatic carbocycles. The molecule has 8 atom stereocenters. The minimum atomic E-state index is 0.121. The fourth-order valence-electron chi connectivity index (χ4n) is 7.92. The lowest BCUT2D eigenvalue weighted by Gasteiger charge is -2.62. The number of carbonyl (C=O) groups is 2. The zero-order valence-corrected chi connectivity index (χ0v) is 17.8. The van der Waals surface area contributed by atoms with Crippen molar-refractivity contribution < 1.29 is 14.3 Å². The third kappa shape index (κ3) is 2.73. The molecular formula is C24H37NO3. The van der Waals surface area contributed by atoms with Gasteiger partial charge in [-0.2, -0.15) is 0 Å². The molecule has 4 heteroatoms. The predicted octanol–water partition coefficient (Wildman–Crippen LogP) is 4.26. The fourth-order valence-corrected chi connectivity index (χ4v) is 7.92. The predicted molar refractivity (Wildman–Crippen MR) is 108 cm³/mol. The Kier molecular flexibility index (Phi) is 4.47. The summed E-state index contributed by atoms with van der Waals surface area (Å²) in [7, 11) is 0. The average molecular weight is 388 g/mol. The lowest BCUT2D eigenvalue weighted by Crippen LogP contribution is -2.64. The Bertz CT molecular complexity index is 673. The Hall–Kier alpha value is -0.900. The summed E-state index contributed by atoms with van der Waals surface area (Å²) >= 11 is 0. The number of amides is 1. The van der Waals surface area contributed by atoms with Gasteiger partial charge < -0.3 is 10.1 Å². The van der Waals surface area contributed by atoms with Crippen LogP contribution in [0.25, 0.3) is 0 Å². The molecule has 4 saturated carbocycles. The van der Waals surface area contributed by atoms with Gasteiger partial charge in [0.1, 0.15) is 5.78 Å². The van der Waals surface area contributed by atoms with E-state index in [4.69, 9.17) is 4.74 Å². The van der Waals surface area contributed by atoms with Gasteiger partial charge in [0.25, 0.3) is 0 Å². The number of ether oxygens (including phenoxy) is 1. The Morgan fingerprint density at radius 3 is 2.54 bits per heavy atom. The molecule has 0 aromatic rings. The average Bonchev–Trinajstić information content (AvgIpc) is 3.43. The summed E-state index contributed by atoms with van der Waals surface area (Å²) in [6, 6.07) is 0.180. The first-order chi connectivity index (χ1) is 13.4. The van der Waals surface area contributed by atoms with Crippen molar-refractivity contribution >= 4 is 11.7 Å². The molecular weight excluding hydrogens is 350 g/mol. The van der Waals surface area contributed by atoms with Gasteiger partial charge in [-0.05, 0) is 80.0 Å². The Morgan fingerprint density at radius 1 is 1.07 bits per heavy atom. The van der Waals surface area contributed by atoms with Crippen LogP contribution >= 0.6 is 0 Å². The Morgan fingerprint density at radius 2 is 1.82 bits per heavy atom. The number of piperidine rings is 1. The lowest BCUT2D eigenvalue weighted by molar-refractivity contribution is -0.161. The van der Waals surface area contributed by atoms with E-state index in [1.165, 1.54) is 38.5 Å². The minimum absolute atomic E-state index is 0.121. The normalized spacial score (nSPS) is 50.3. The second-order valence-corrected chi connectivity index (χ2v) is 11.0. The van der Waals surface area contributed by atoms with Gasteiger partial charge in [-0.25, -0.2) is 0 Å². The molecule has 1 N–H and O–H groups in total. The topological polar surface area (TPSA) is 55.4 Å². The molecule has 5 aliphatic rings. The largest absolute Gasteiger partial charge is 0.374 e. The highest BCUT2D eigenvalue weighted by molar-refractivity contribution is 5.82. The monoisotopic (exact) mass is 387 g/mol. The third-order valence-electron chi connectivity index (χ3n) is 9.71. The number of hydrogen-bond acceptors (Lipinski definition) is 3. The quantitative estimate of drug-likeness (QED) is 0.784. The van der Waals surface area contributed by atoms with Crippen molar-refractivity contribution in [2.24, 2.45) is 34.5 Å². The summed E-state index contributed by atoms with van der Waals surface area (Å²) in [6.45, 7) is 6.90. The smallest absolute Gasteiger partial charge is 0.220 e. The van der Waals surface area contributed by atoms with Crippen LogP contribution in [0.4, 0.5) is 0 Å². The van der Waals surface area contributed by atoms with Crippen LogP contribution in [0.5, 0.6) is 0 Å². The molecule has 156 valence electrons. The van der Waals surface area contributed by atoms with E-state index >= 15 is 0 Å². The first kappa shape index (κ1) is 19.1. The molecule has 28 heavy (non-hydrogen) atoms. The van der Waals surface area contributed by atoms with E-state index in [2.05, 4.69) is 19.2 Å². The molecule has 3 unspecified atom stereocenters. The van der Waals surface area contributed by atoms with E-state index in [0.29, 0.717) is 48.6 Å². The summed E-state index contributed by atoms with van der Waals surface area (Å²) in [4.78, 5) is 25.2. The first-order valence-corrected chi connectivity index (χ1v) is 11.8. The molecule has 1 aliphatic heterocycles. The van der Waals surface area contributed by atoms with E-state index < -0.39 is 0 Å². The SMILES string of the molecule is CCC(=O)[C@H]1C[C@H]2NC(=O)CC[C@]2(C)C2CC[C@@]3(C)C(CC[C@@H]3OC3CC3)C21. The second kappa shape index (κ2) is 6.55. The number of nitrogens with one attached hydrogen (secondary N) is 1. The highest BCUT2D eigenvalue weighted by Gasteiger charge is 2.64. The Balaban J connectivity index is 1.49. The third-order valence-corrected chi connectivity index (χ3v) is 9.71. The molecule has 1 heterocycles. The van der Waals surface area contributed by atoms with Crippen molar-refractivity contribution in [3.63, 3.8) is 0 Å². The van der Waals surface area contributed by atoms with E-state index in [0.717, 1.165) is 12.8 Å². The summed E-state index contributed by atoms with van der Waals surface area (Å²) in [5, 5.41) is 3.30. The molecule has 0 radical (unpaired) electrons. The van der Waals surface area contributed by atoms with E-state index in [9.17, 15) is 9.59 Å². The van der Waals surface area contributed by atoms with Crippen molar-refractivity contribution in [1.82, 2.24) is 5.32 Å². The molecule has 0 bridgehead atoms.